The zero-order valence-corrected chi connectivity index (χ0v) is 12.3. The average Bonchev–Trinajstić information content (AvgIpc) is 2.51. The molecule has 4 nitrogen and oxygen atoms in total. The van der Waals surface area contributed by atoms with Gasteiger partial charge in [0.05, 0.1) is 12.3 Å². The molecule has 1 atom stereocenters. The Labute approximate surface area is 125 Å². The molecule has 1 aliphatic carbocycles. The summed E-state index contributed by atoms with van der Waals surface area (Å²) in [6.07, 6.45) is 3.26. The van der Waals surface area contributed by atoms with E-state index < -0.39 is 0 Å². The van der Waals surface area contributed by atoms with Crippen LogP contribution in [-0.2, 0) is 12.8 Å². The van der Waals surface area contributed by atoms with Crippen molar-refractivity contribution in [2.75, 3.05) is 17.7 Å². The molecule has 0 radical (unpaired) electrons. The second kappa shape index (κ2) is 6.04. The zero-order chi connectivity index (χ0) is 14.7. The van der Waals surface area contributed by atoms with E-state index in [0.717, 1.165) is 25.1 Å². The lowest BCUT2D eigenvalue weighted by molar-refractivity contribution is 0.329. The van der Waals surface area contributed by atoms with E-state index in [-0.39, 0.29) is 0 Å². The summed E-state index contributed by atoms with van der Waals surface area (Å²) < 4.78 is 5.45. The number of anilines is 2. The fourth-order valence-corrected chi connectivity index (χ4v) is 2.81. The molecule has 0 bridgehead atoms. The van der Waals surface area contributed by atoms with E-state index in [1.54, 1.807) is 0 Å². The molecule has 21 heavy (non-hydrogen) atoms. The van der Waals surface area contributed by atoms with Gasteiger partial charge in [-0.1, -0.05) is 24.3 Å². The van der Waals surface area contributed by atoms with E-state index >= 15 is 0 Å². The third kappa shape index (κ3) is 3.10. The maximum Gasteiger partial charge on any atom is 0.239 e. The summed E-state index contributed by atoms with van der Waals surface area (Å²) in [7, 11) is 0. The number of nitrogen functional groups attached to an aromatic ring is 1. The largest absolute Gasteiger partial charge is 0.476 e. The minimum absolute atomic E-state index is 0.408. The summed E-state index contributed by atoms with van der Waals surface area (Å²) >= 11 is 0. The number of pyridine rings is 1. The Morgan fingerprint density at radius 3 is 2.86 bits per heavy atom. The Hall–Kier alpha value is -2.23. The lowest BCUT2D eigenvalue weighted by Crippen LogP contribution is -2.27. The fraction of sp³-hybridized carbons (Fsp3) is 0.353. The van der Waals surface area contributed by atoms with E-state index in [0.29, 0.717) is 24.2 Å². The van der Waals surface area contributed by atoms with Crippen LogP contribution < -0.4 is 15.8 Å². The second-order valence-corrected chi connectivity index (χ2v) is 5.38. The molecule has 1 heterocycles. The van der Waals surface area contributed by atoms with Crippen molar-refractivity contribution in [2.24, 2.45) is 0 Å². The van der Waals surface area contributed by atoms with Gasteiger partial charge in [0.1, 0.15) is 5.82 Å². The summed E-state index contributed by atoms with van der Waals surface area (Å²) in [6.45, 7) is 2.50. The molecule has 3 N–H and O–H groups in total. The van der Waals surface area contributed by atoms with Gasteiger partial charge in [-0.05, 0) is 49.4 Å². The van der Waals surface area contributed by atoms with Gasteiger partial charge in [0.25, 0.3) is 0 Å². The van der Waals surface area contributed by atoms with Gasteiger partial charge < -0.3 is 15.8 Å². The van der Waals surface area contributed by atoms with E-state index in [9.17, 15) is 0 Å². The van der Waals surface area contributed by atoms with Crippen molar-refractivity contribution < 1.29 is 4.74 Å². The molecule has 0 saturated heterocycles. The van der Waals surface area contributed by atoms with Crippen molar-refractivity contribution in [1.29, 1.82) is 0 Å². The lowest BCUT2D eigenvalue weighted by atomic mass is 9.88. The average molecular weight is 283 g/mol. The van der Waals surface area contributed by atoms with Crippen LogP contribution in [0.2, 0.25) is 0 Å². The third-order valence-corrected chi connectivity index (χ3v) is 3.87. The molecule has 1 unspecified atom stereocenters. The van der Waals surface area contributed by atoms with E-state index in [1.807, 2.05) is 19.1 Å². The minimum Gasteiger partial charge on any atom is -0.476 e. The SMILES string of the molecule is CCOc1nc(NC2CCc3ccccc3C2)ccc1N. The van der Waals surface area contributed by atoms with Crippen molar-refractivity contribution >= 4 is 11.5 Å². The molecule has 0 aliphatic heterocycles. The standard InChI is InChI=1S/C17H21N3O/c1-2-21-17-15(18)9-10-16(20-17)19-14-8-7-12-5-3-4-6-13(12)11-14/h3-6,9-10,14H,2,7-8,11,18H2,1H3,(H,19,20). The molecule has 110 valence electrons. The number of benzene rings is 1. The Bertz CT molecular complexity index is 627. The van der Waals surface area contributed by atoms with Gasteiger partial charge in [-0.3, -0.25) is 0 Å². The molecule has 1 aromatic heterocycles. The van der Waals surface area contributed by atoms with Crippen molar-refractivity contribution in [3.63, 3.8) is 0 Å². The molecule has 1 aliphatic rings. The van der Waals surface area contributed by atoms with E-state index in [2.05, 4.69) is 34.6 Å². The van der Waals surface area contributed by atoms with Gasteiger partial charge >= 0.3 is 0 Å². The smallest absolute Gasteiger partial charge is 0.239 e. The molecule has 0 saturated carbocycles. The number of rotatable bonds is 4. The van der Waals surface area contributed by atoms with Gasteiger partial charge in [-0.15, -0.1) is 0 Å². The van der Waals surface area contributed by atoms with Crippen molar-refractivity contribution in [1.82, 2.24) is 4.98 Å². The number of nitrogens with one attached hydrogen (secondary N) is 1. The third-order valence-electron chi connectivity index (χ3n) is 3.87. The highest BCUT2D eigenvalue weighted by molar-refractivity contribution is 5.54. The molecule has 2 aromatic rings. The summed E-state index contributed by atoms with van der Waals surface area (Å²) in [5.74, 6) is 1.34. The monoisotopic (exact) mass is 283 g/mol. The lowest BCUT2D eigenvalue weighted by Gasteiger charge is -2.26. The molecule has 0 amide bonds. The number of ether oxygens (including phenoxy) is 1. The first-order chi connectivity index (χ1) is 10.3. The second-order valence-electron chi connectivity index (χ2n) is 5.38. The van der Waals surface area contributed by atoms with E-state index in [4.69, 9.17) is 10.5 Å². The molecule has 4 heteroatoms. The summed E-state index contributed by atoms with van der Waals surface area (Å²) in [5, 5.41) is 3.50. The predicted octanol–water partition coefficient (Wildman–Crippen LogP) is 3.03. The van der Waals surface area contributed by atoms with Gasteiger partial charge in [0.2, 0.25) is 5.88 Å². The van der Waals surface area contributed by atoms with Crippen LogP contribution >= 0.6 is 0 Å². The Kier molecular flexibility index (Phi) is 3.95. The first kappa shape index (κ1) is 13.7. The number of fused-ring (bicyclic) bond motifs is 1. The van der Waals surface area contributed by atoms with Gasteiger partial charge in [0.15, 0.2) is 0 Å². The Balaban J connectivity index is 1.72. The zero-order valence-electron chi connectivity index (χ0n) is 12.3. The number of nitrogens with zero attached hydrogens (tertiary/aromatic N) is 1. The molecule has 0 spiro atoms. The topological polar surface area (TPSA) is 60.2 Å². The van der Waals surface area contributed by atoms with Crippen LogP contribution in [0.4, 0.5) is 11.5 Å². The Morgan fingerprint density at radius 1 is 1.24 bits per heavy atom. The van der Waals surface area contributed by atoms with Crippen molar-refractivity contribution in [3.05, 3.63) is 47.5 Å². The molecular weight excluding hydrogens is 262 g/mol. The normalized spacial score (nSPS) is 17.1. The van der Waals surface area contributed by atoms with Crippen LogP contribution in [0.25, 0.3) is 0 Å². The Morgan fingerprint density at radius 2 is 2.05 bits per heavy atom. The van der Waals surface area contributed by atoms with E-state index in [1.165, 1.54) is 11.1 Å². The number of aromatic nitrogens is 1. The molecular formula is C17H21N3O. The summed E-state index contributed by atoms with van der Waals surface area (Å²) in [4.78, 5) is 4.45. The maximum absolute atomic E-state index is 5.86. The number of hydrogen-bond donors (Lipinski definition) is 2. The van der Waals surface area contributed by atoms with Crippen LogP contribution in [-0.4, -0.2) is 17.6 Å². The molecule has 0 fully saturated rings. The molecule has 1 aromatic carbocycles. The number of nitrogens with two attached hydrogens (primary N) is 1. The quantitative estimate of drug-likeness (QED) is 0.905. The highest BCUT2D eigenvalue weighted by Gasteiger charge is 2.18. The highest BCUT2D eigenvalue weighted by atomic mass is 16.5. The maximum atomic E-state index is 5.86. The van der Waals surface area contributed by atoms with Gasteiger partial charge in [-0.2, -0.15) is 4.98 Å². The van der Waals surface area contributed by atoms with Crippen molar-refractivity contribution in [3.8, 4) is 5.88 Å². The predicted molar refractivity (Wildman–Crippen MR) is 85.7 cm³/mol. The van der Waals surface area contributed by atoms with Crippen LogP contribution in [0.5, 0.6) is 5.88 Å². The fourth-order valence-electron chi connectivity index (χ4n) is 2.81. The first-order valence-corrected chi connectivity index (χ1v) is 7.49. The summed E-state index contributed by atoms with van der Waals surface area (Å²) in [5.41, 5.74) is 9.34. The van der Waals surface area contributed by atoms with Crippen LogP contribution in [0, 0.1) is 0 Å². The number of hydrogen-bond acceptors (Lipinski definition) is 4. The van der Waals surface area contributed by atoms with Crippen LogP contribution in [0.15, 0.2) is 36.4 Å². The first-order valence-electron chi connectivity index (χ1n) is 7.49. The number of aryl methyl sites for hydroxylation is 1. The highest BCUT2D eigenvalue weighted by Crippen LogP contribution is 2.25. The summed E-state index contributed by atoms with van der Waals surface area (Å²) in [6, 6.07) is 12.8. The van der Waals surface area contributed by atoms with Crippen molar-refractivity contribution in [2.45, 2.75) is 32.2 Å². The molecule has 3 rings (SSSR count). The van der Waals surface area contributed by atoms with Crippen LogP contribution in [0.3, 0.4) is 0 Å². The minimum atomic E-state index is 0.408. The van der Waals surface area contributed by atoms with Gasteiger partial charge in [0, 0.05) is 6.04 Å². The van der Waals surface area contributed by atoms with Crippen LogP contribution in [0.1, 0.15) is 24.5 Å². The van der Waals surface area contributed by atoms with Gasteiger partial charge in [-0.25, -0.2) is 0 Å².